The van der Waals surface area contributed by atoms with Gasteiger partial charge >= 0.3 is 0 Å². The minimum Gasteiger partial charge on any atom is -0.486 e. The van der Waals surface area contributed by atoms with Gasteiger partial charge in [0.2, 0.25) is 0 Å². The first-order valence-corrected chi connectivity index (χ1v) is 11.4. The normalized spacial score (nSPS) is 13.0. The molecule has 0 spiro atoms. The minimum absolute atomic E-state index is 0.0776. The van der Waals surface area contributed by atoms with E-state index in [9.17, 15) is 4.79 Å². The molecule has 5 heterocycles. The van der Waals surface area contributed by atoms with E-state index in [1.54, 1.807) is 12.3 Å². The number of hydrogen-bond donors (Lipinski definition) is 1. The van der Waals surface area contributed by atoms with Crippen molar-refractivity contribution in [3.05, 3.63) is 66.2 Å². The first-order chi connectivity index (χ1) is 17.1. The van der Waals surface area contributed by atoms with Crippen LogP contribution in [0.15, 0.2) is 54.9 Å². The summed E-state index contributed by atoms with van der Waals surface area (Å²) in [6.07, 6.45) is 3.56. The van der Waals surface area contributed by atoms with Crippen molar-refractivity contribution in [3.8, 4) is 22.8 Å². The molecule has 0 radical (unpaired) electrons. The lowest BCUT2D eigenvalue weighted by Crippen LogP contribution is -2.24. The highest BCUT2D eigenvalue weighted by molar-refractivity contribution is 6.06. The number of benzene rings is 1. The molecule has 0 bridgehead atoms. The molecule has 35 heavy (non-hydrogen) atoms. The topological polar surface area (TPSA) is 108 Å². The third kappa shape index (κ3) is 3.72. The SMILES string of the molecule is CC(C)n1ncc2c(C(=O)NCc3nnc4ccccn34)cc(-c3ccc4c(c3)OCCO4)nc21. The number of hydrogen-bond acceptors (Lipinski definition) is 7. The lowest BCUT2D eigenvalue weighted by molar-refractivity contribution is 0.0951. The largest absolute Gasteiger partial charge is 0.486 e. The maximum atomic E-state index is 13.4. The Morgan fingerprint density at radius 1 is 1.09 bits per heavy atom. The number of carbonyl (C=O) groups excluding carboxylic acids is 1. The van der Waals surface area contributed by atoms with E-state index in [-0.39, 0.29) is 18.5 Å². The van der Waals surface area contributed by atoms with Gasteiger partial charge in [-0.2, -0.15) is 5.10 Å². The molecule has 10 nitrogen and oxygen atoms in total. The van der Waals surface area contributed by atoms with Crippen molar-refractivity contribution in [3.63, 3.8) is 0 Å². The summed E-state index contributed by atoms with van der Waals surface area (Å²) < 4.78 is 15.1. The molecule has 0 saturated carbocycles. The molecule has 1 aromatic carbocycles. The van der Waals surface area contributed by atoms with E-state index in [1.165, 1.54) is 0 Å². The van der Waals surface area contributed by atoms with Crippen LogP contribution in [0.3, 0.4) is 0 Å². The van der Waals surface area contributed by atoms with Crippen LogP contribution in [0, 0.1) is 0 Å². The maximum absolute atomic E-state index is 13.4. The Kier molecular flexibility index (Phi) is 5.05. The fourth-order valence-corrected chi connectivity index (χ4v) is 4.20. The van der Waals surface area contributed by atoms with Crippen molar-refractivity contribution in [2.45, 2.75) is 26.4 Å². The number of nitrogens with zero attached hydrogens (tertiary/aromatic N) is 6. The summed E-state index contributed by atoms with van der Waals surface area (Å²) in [7, 11) is 0. The monoisotopic (exact) mass is 469 g/mol. The lowest BCUT2D eigenvalue weighted by atomic mass is 10.1. The number of amides is 1. The van der Waals surface area contributed by atoms with Gasteiger partial charge < -0.3 is 14.8 Å². The highest BCUT2D eigenvalue weighted by atomic mass is 16.6. The molecule has 0 aliphatic carbocycles. The molecule has 1 N–H and O–H groups in total. The van der Waals surface area contributed by atoms with Gasteiger partial charge in [-0.15, -0.1) is 10.2 Å². The van der Waals surface area contributed by atoms with Crippen LogP contribution in [0.4, 0.5) is 0 Å². The van der Waals surface area contributed by atoms with E-state index in [4.69, 9.17) is 14.5 Å². The molecular weight excluding hydrogens is 446 g/mol. The van der Waals surface area contributed by atoms with Crippen molar-refractivity contribution in [2.24, 2.45) is 0 Å². The van der Waals surface area contributed by atoms with E-state index in [2.05, 4.69) is 20.6 Å². The van der Waals surface area contributed by atoms with Gasteiger partial charge in [-0.1, -0.05) is 6.07 Å². The molecule has 6 rings (SSSR count). The van der Waals surface area contributed by atoms with Crippen LogP contribution in [0.5, 0.6) is 11.5 Å². The molecule has 10 heteroatoms. The molecule has 0 fully saturated rings. The van der Waals surface area contributed by atoms with Gasteiger partial charge in [0, 0.05) is 17.8 Å². The highest BCUT2D eigenvalue weighted by Gasteiger charge is 2.20. The van der Waals surface area contributed by atoms with Crippen LogP contribution in [0.1, 0.15) is 36.1 Å². The standard InChI is InChI=1S/C25H23N7O3/c1-15(2)32-24-18(13-27-32)17(25(33)26-14-23-30-29-22-5-3-4-8-31(22)23)12-19(28-24)16-6-7-20-21(11-16)35-10-9-34-20/h3-8,11-13,15H,9-10,14H2,1-2H3,(H,26,33). The molecule has 4 aromatic heterocycles. The number of nitrogens with one attached hydrogen (secondary N) is 1. The van der Waals surface area contributed by atoms with Crippen LogP contribution in [0.2, 0.25) is 0 Å². The second-order valence-electron chi connectivity index (χ2n) is 8.56. The Morgan fingerprint density at radius 3 is 2.80 bits per heavy atom. The summed E-state index contributed by atoms with van der Waals surface area (Å²) in [6.45, 7) is 5.30. The van der Waals surface area contributed by atoms with E-state index < -0.39 is 0 Å². The summed E-state index contributed by atoms with van der Waals surface area (Å²) in [5.41, 5.74) is 3.33. The number of aromatic nitrogens is 6. The summed E-state index contributed by atoms with van der Waals surface area (Å²) >= 11 is 0. The average molecular weight is 470 g/mol. The zero-order chi connectivity index (χ0) is 23.9. The van der Waals surface area contributed by atoms with Gasteiger partial charge in [0.15, 0.2) is 28.6 Å². The average Bonchev–Trinajstić information content (AvgIpc) is 3.51. The van der Waals surface area contributed by atoms with E-state index in [0.29, 0.717) is 52.8 Å². The maximum Gasteiger partial charge on any atom is 0.252 e. The number of rotatable bonds is 5. The Bertz CT molecular complexity index is 1570. The number of carbonyl (C=O) groups is 1. The van der Waals surface area contributed by atoms with Gasteiger partial charge in [0.05, 0.1) is 29.4 Å². The van der Waals surface area contributed by atoms with Crippen LogP contribution in [-0.4, -0.2) is 48.5 Å². The van der Waals surface area contributed by atoms with Crippen molar-refractivity contribution in [1.29, 1.82) is 0 Å². The summed E-state index contributed by atoms with van der Waals surface area (Å²) in [5.74, 6) is 1.76. The first kappa shape index (κ1) is 21.1. The van der Waals surface area contributed by atoms with E-state index in [0.717, 1.165) is 11.2 Å². The van der Waals surface area contributed by atoms with Crippen LogP contribution in [-0.2, 0) is 6.54 Å². The second kappa shape index (κ2) is 8.39. The fourth-order valence-electron chi connectivity index (χ4n) is 4.20. The zero-order valence-corrected chi connectivity index (χ0v) is 19.3. The van der Waals surface area contributed by atoms with Gasteiger partial charge in [-0.3, -0.25) is 9.20 Å². The van der Waals surface area contributed by atoms with Gasteiger partial charge in [0.25, 0.3) is 5.91 Å². The van der Waals surface area contributed by atoms with Gasteiger partial charge in [0.1, 0.15) is 13.2 Å². The third-order valence-electron chi connectivity index (χ3n) is 5.93. The van der Waals surface area contributed by atoms with Crippen LogP contribution >= 0.6 is 0 Å². The first-order valence-electron chi connectivity index (χ1n) is 11.4. The molecule has 0 atom stereocenters. The van der Waals surface area contributed by atoms with E-state index in [1.807, 2.05) is 65.5 Å². The van der Waals surface area contributed by atoms with Crippen molar-refractivity contribution in [2.75, 3.05) is 13.2 Å². The van der Waals surface area contributed by atoms with Gasteiger partial charge in [-0.05, 0) is 50.2 Å². The zero-order valence-electron chi connectivity index (χ0n) is 19.3. The Labute approximate surface area is 200 Å². The van der Waals surface area contributed by atoms with E-state index >= 15 is 0 Å². The Balaban J connectivity index is 1.39. The van der Waals surface area contributed by atoms with Crippen molar-refractivity contribution in [1.82, 2.24) is 34.7 Å². The predicted molar refractivity (Wildman–Crippen MR) is 128 cm³/mol. The second-order valence-corrected chi connectivity index (χ2v) is 8.56. The summed E-state index contributed by atoms with van der Waals surface area (Å²) in [4.78, 5) is 18.3. The minimum atomic E-state index is -0.243. The molecule has 1 aliphatic heterocycles. The van der Waals surface area contributed by atoms with Gasteiger partial charge in [-0.25, -0.2) is 9.67 Å². The van der Waals surface area contributed by atoms with Crippen molar-refractivity contribution >= 4 is 22.6 Å². The highest BCUT2D eigenvalue weighted by Crippen LogP contribution is 2.35. The molecule has 5 aromatic rings. The molecule has 0 saturated heterocycles. The lowest BCUT2D eigenvalue weighted by Gasteiger charge is -2.19. The van der Waals surface area contributed by atoms with Crippen LogP contribution < -0.4 is 14.8 Å². The van der Waals surface area contributed by atoms with Crippen LogP contribution in [0.25, 0.3) is 27.9 Å². The quantitative estimate of drug-likeness (QED) is 0.420. The Morgan fingerprint density at radius 2 is 1.94 bits per heavy atom. The molecule has 1 aliphatic rings. The smallest absolute Gasteiger partial charge is 0.252 e. The Hall–Kier alpha value is -4.47. The summed E-state index contributed by atoms with van der Waals surface area (Å²) in [5, 5.41) is 16.5. The molecule has 0 unspecified atom stereocenters. The molecular formula is C25H23N7O3. The van der Waals surface area contributed by atoms with Crippen molar-refractivity contribution < 1.29 is 14.3 Å². The molecule has 1 amide bonds. The predicted octanol–water partition coefficient (Wildman–Crippen LogP) is 3.42. The molecule has 176 valence electrons. The fraction of sp³-hybridized carbons (Fsp3) is 0.240. The third-order valence-corrected chi connectivity index (χ3v) is 5.93. The number of pyridine rings is 2. The number of fused-ring (bicyclic) bond motifs is 3. The number of ether oxygens (including phenoxy) is 2. The summed E-state index contributed by atoms with van der Waals surface area (Å²) in [6, 6.07) is 13.2.